The molecule has 5 nitrogen and oxygen atoms in total. The van der Waals surface area contributed by atoms with Crippen LogP contribution in [-0.4, -0.2) is 16.8 Å². The summed E-state index contributed by atoms with van der Waals surface area (Å²) in [6.07, 6.45) is 0. The molecule has 0 atom stereocenters. The number of amides is 2. The zero-order valence-corrected chi connectivity index (χ0v) is 16.2. The molecule has 0 bridgehead atoms. The minimum Gasteiger partial charge on any atom is -0.358 e. The van der Waals surface area contributed by atoms with Crippen molar-refractivity contribution >= 4 is 34.1 Å². The largest absolute Gasteiger partial charge is 0.358 e. The van der Waals surface area contributed by atoms with Crippen LogP contribution in [0.1, 0.15) is 32.0 Å². The van der Waals surface area contributed by atoms with Crippen LogP contribution < -0.4 is 10.6 Å². The molecule has 4 rings (SSSR count). The van der Waals surface area contributed by atoms with Gasteiger partial charge in [-0.2, -0.15) is 0 Å². The molecule has 4 aromatic rings. The smallest absolute Gasteiger partial charge is 0.255 e. The van der Waals surface area contributed by atoms with Gasteiger partial charge in [0.2, 0.25) is 0 Å². The summed E-state index contributed by atoms with van der Waals surface area (Å²) in [7, 11) is 0. The van der Waals surface area contributed by atoms with E-state index in [1.165, 1.54) is 0 Å². The number of anilines is 2. The van der Waals surface area contributed by atoms with Crippen molar-refractivity contribution in [2.75, 3.05) is 10.6 Å². The highest BCUT2D eigenvalue weighted by molar-refractivity contribution is 6.07. The number of hydrogen-bond acceptors (Lipinski definition) is 2. The first-order chi connectivity index (χ1) is 14.0. The van der Waals surface area contributed by atoms with Gasteiger partial charge >= 0.3 is 0 Å². The van der Waals surface area contributed by atoms with Gasteiger partial charge < -0.3 is 15.6 Å². The maximum absolute atomic E-state index is 12.7. The fraction of sp³-hybridized carbons (Fsp3) is 0.0833. The van der Waals surface area contributed by atoms with E-state index in [2.05, 4.69) is 15.6 Å². The Kier molecular flexibility index (Phi) is 4.87. The van der Waals surface area contributed by atoms with Crippen molar-refractivity contribution in [2.45, 2.75) is 13.8 Å². The van der Waals surface area contributed by atoms with Gasteiger partial charge in [-0.15, -0.1) is 0 Å². The second kappa shape index (κ2) is 7.64. The predicted octanol–water partition coefficient (Wildman–Crippen LogP) is 5.29. The number of aromatic amines is 1. The van der Waals surface area contributed by atoms with E-state index >= 15 is 0 Å². The molecule has 0 radical (unpaired) electrons. The van der Waals surface area contributed by atoms with Crippen molar-refractivity contribution in [2.24, 2.45) is 0 Å². The SMILES string of the molecule is Cc1[nH]c2ccc(C(=O)Nc3cccc(NC(=O)c4ccccc4)c3)cc2c1C. The fourth-order valence-electron chi connectivity index (χ4n) is 3.27. The van der Waals surface area contributed by atoms with Crippen molar-refractivity contribution in [3.8, 4) is 0 Å². The lowest BCUT2D eigenvalue weighted by Gasteiger charge is -2.09. The summed E-state index contributed by atoms with van der Waals surface area (Å²) >= 11 is 0. The molecular formula is C24H21N3O2. The van der Waals surface area contributed by atoms with Gasteiger partial charge in [0.15, 0.2) is 0 Å². The molecule has 29 heavy (non-hydrogen) atoms. The van der Waals surface area contributed by atoms with Crippen LogP contribution in [0.25, 0.3) is 10.9 Å². The van der Waals surface area contributed by atoms with Crippen LogP contribution in [0.2, 0.25) is 0 Å². The van der Waals surface area contributed by atoms with Crippen LogP contribution in [0, 0.1) is 13.8 Å². The Morgan fingerprint density at radius 3 is 2.07 bits per heavy atom. The molecule has 0 aliphatic carbocycles. The molecule has 5 heteroatoms. The van der Waals surface area contributed by atoms with Crippen LogP contribution in [0.3, 0.4) is 0 Å². The van der Waals surface area contributed by atoms with Crippen LogP contribution in [0.15, 0.2) is 72.8 Å². The summed E-state index contributed by atoms with van der Waals surface area (Å²) in [5, 5.41) is 6.79. The highest BCUT2D eigenvalue weighted by atomic mass is 16.2. The summed E-state index contributed by atoms with van der Waals surface area (Å²) in [4.78, 5) is 28.4. The summed E-state index contributed by atoms with van der Waals surface area (Å²) in [5.74, 6) is -0.394. The Balaban J connectivity index is 1.51. The number of nitrogens with one attached hydrogen (secondary N) is 3. The predicted molar refractivity (Wildman–Crippen MR) is 117 cm³/mol. The third kappa shape index (κ3) is 3.89. The third-order valence-electron chi connectivity index (χ3n) is 4.98. The van der Waals surface area contributed by atoms with Crippen LogP contribution >= 0.6 is 0 Å². The van der Waals surface area contributed by atoms with E-state index in [1.54, 1.807) is 42.5 Å². The molecule has 1 aromatic heterocycles. The van der Waals surface area contributed by atoms with E-state index in [0.717, 1.165) is 22.2 Å². The van der Waals surface area contributed by atoms with Crippen molar-refractivity contribution in [1.29, 1.82) is 0 Å². The molecule has 3 aromatic carbocycles. The average molecular weight is 383 g/mol. The second-order valence-corrected chi connectivity index (χ2v) is 6.99. The number of carbonyl (C=O) groups excluding carboxylic acids is 2. The molecule has 0 aliphatic rings. The minimum atomic E-state index is -0.198. The standard InChI is InChI=1S/C24H21N3O2/c1-15-16(2)25-22-12-11-18(13-21(15)22)24(29)27-20-10-6-9-19(14-20)26-23(28)17-7-4-3-5-8-17/h3-14,25H,1-2H3,(H,26,28)(H,27,29). The zero-order valence-electron chi connectivity index (χ0n) is 16.2. The van der Waals surface area contributed by atoms with Gasteiger partial charge in [0.1, 0.15) is 0 Å². The highest BCUT2D eigenvalue weighted by Crippen LogP contribution is 2.23. The van der Waals surface area contributed by atoms with E-state index in [1.807, 2.05) is 44.2 Å². The lowest BCUT2D eigenvalue weighted by Crippen LogP contribution is -2.14. The lowest BCUT2D eigenvalue weighted by molar-refractivity contribution is 0.101. The first kappa shape index (κ1) is 18.5. The highest BCUT2D eigenvalue weighted by Gasteiger charge is 2.11. The van der Waals surface area contributed by atoms with Gasteiger partial charge in [0.25, 0.3) is 11.8 Å². The molecule has 2 amide bonds. The molecule has 0 saturated carbocycles. The van der Waals surface area contributed by atoms with Gasteiger partial charge in [-0.3, -0.25) is 9.59 Å². The third-order valence-corrected chi connectivity index (χ3v) is 4.98. The fourth-order valence-corrected chi connectivity index (χ4v) is 3.27. The maximum atomic E-state index is 12.7. The monoisotopic (exact) mass is 383 g/mol. The number of H-pyrrole nitrogens is 1. The van der Waals surface area contributed by atoms with Gasteiger partial charge in [0, 0.05) is 39.1 Å². The van der Waals surface area contributed by atoms with Crippen LogP contribution in [-0.2, 0) is 0 Å². The van der Waals surface area contributed by atoms with Crippen molar-refractivity contribution in [3.05, 3.63) is 95.2 Å². The second-order valence-electron chi connectivity index (χ2n) is 6.99. The zero-order chi connectivity index (χ0) is 20.4. The van der Waals surface area contributed by atoms with E-state index in [4.69, 9.17) is 0 Å². The number of rotatable bonds is 4. The lowest BCUT2D eigenvalue weighted by atomic mass is 10.1. The van der Waals surface area contributed by atoms with Gasteiger partial charge in [-0.05, 0) is 67.9 Å². The van der Waals surface area contributed by atoms with Crippen LogP contribution in [0.4, 0.5) is 11.4 Å². The van der Waals surface area contributed by atoms with E-state index in [9.17, 15) is 9.59 Å². The van der Waals surface area contributed by atoms with Gasteiger partial charge in [-0.25, -0.2) is 0 Å². The topological polar surface area (TPSA) is 74.0 Å². The molecule has 144 valence electrons. The quantitative estimate of drug-likeness (QED) is 0.448. The van der Waals surface area contributed by atoms with Crippen molar-refractivity contribution in [3.63, 3.8) is 0 Å². The molecule has 0 saturated heterocycles. The maximum Gasteiger partial charge on any atom is 0.255 e. The van der Waals surface area contributed by atoms with Crippen LogP contribution in [0.5, 0.6) is 0 Å². The Morgan fingerprint density at radius 2 is 1.38 bits per heavy atom. The number of fused-ring (bicyclic) bond motifs is 1. The average Bonchev–Trinajstić information content (AvgIpc) is 3.02. The van der Waals surface area contributed by atoms with Crippen molar-refractivity contribution in [1.82, 2.24) is 4.98 Å². The Hall–Kier alpha value is -3.86. The number of aryl methyl sites for hydroxylation is 2. The van der Waals surface area contributed by atoms with E-state index in [-0.39, 0.29) is 11.8 Å². The molecule has 0 spiro atoms. The molecule has 0 fully saturated rings. The Labute approximate surface area is 168 Å². The van der Waals surface area contributed by atoms with E-state index < -0.39 is 0 Å². The summed E-state index contributed by atoms with van der Waals surface area (Å²) < 4.78 is 0. The number of carbonyl (C=O) groups is 2. The molecule has 0 unspecified atom stereocenters. The minimum absolute atomic E-state index is 0.196. The van der Waals surface area contributed by atoms with Crippen molar-refractivity contribution < 1.29 is 9.59 Å². The normalized spacial score (nSPS) is 10.7. The first-order valence-corrected chi connectivity index (χ1v) is 9.38. The molecule has 1 heterocycles. The summed E-state index contributed by atoms with van der Waals surface area (Å²) in [6.45, 7) is 4.05. The Bertz CT molecular complexity index is 1210. The summed E-state index contributed by atoms with van der Waals surface area (Å²) in [5.41, 5.74) is 5.64. The number of aromatic nitrogens is 1. The summed E-state index contributed by atoms with van der Waals surface area (Å²) in [6, 6.07) is 21.7. The first-order valence-electron chi connectivity index (χ1n) is 9.38. The van der Waals surface area contributed by atoms with Gasteiger partial charge in [-0.1, -0.05) is 24.3 Å². The number of benzene rings is 3. The number of hydrogen-bond donors (Lipinski definition) is 3. The molecule has 3 N–H and O–H groups in total. The van der Waals surface area contributed by atoms with Gasteiger partial charge in [0.05, 0.1) is 0 Å². The molecule has 0 aliphatic heterocycles. The van der Waals surface area contributed by atoms with E-state index in [0.29, 0.717) is 22.5 Å². The molecular weight excluding hydrogens is 362 g/mol. The Morgan fingerprint density at radius 1 is 0.724 bits per heavy atom.